The van der Waals surface area contributed by atoms with Gasteiger partial charge in [0.05, 0.1) is 6.42 Å². The molecule has 0 aliphatic heterocycles. The Hall–Kier alpha value is -0.970. The standard InChI is InChI=1S/C14H20Cl2N2O2/c15-5-7-18(8-6-16)13-4-2-1-3-11(13)9-12(17)10-14(19)20/h1-4,12H,5-10,17H2,(H,19,20)/t12-/m0/s1. The van der Waals surface area contributed by atoms with Gasteiger partial charge in [-0.2, -0.15) is 0 Å². The van der Waals surface area contributed by atoms with Crippen molar-refractivity contribution < 1.29 is 9.90 Å². The zero-order valence-corrected chi connectivity index (χ0v) is 12.8. The van der Waals surface area contributed by atoms with E-state index in [1.165, 1.54) is 0 Å². The van der Waals surface area contributed by atoms with E-state index in [9.17, 15) is 4.79 Å². The largest absolute Gasteiger partial charge is 0.481 e. The van der Waals surface area contributed by atoms with Crippen LogP contribution in [0, 0.1) is 0 Å². The van der Waals surface area contributed by atoms with E-state index in [-0.39, 0.29) is 6.42 Å². The van der Waals surface area contributed by atoms with E-state index in [4.69, 9.17) is 34.0 Å². The lowest BCUT2D eigenvalue weighted by molar-refractivity contribution is -0.137. The van der Waals surface area contributed by atoms with Crippen LogP contribution in [0.5, 0.6) is 0 Å². The highest BCUT2D eigenvalue weighted by Gasteiger charge is 2.14. The Bertz CT molecular complexity index is 423. The summed E-state index contributed by atoms with van der Waals surface area (Å²) in [4.78, 5) is 12.8. The normalized spacial score (nSPS) is 12.2. The fraction of sp³-hybridized carbons (Fsp3) is 0.500. The zero-order chi connectivity index (χ0) is 15.0. The van der Waals surface area contributed by atoms with Gasteiger partial charge in [-0.15, -0.1) is 23.2 Å². The molecule has 0 spiro atoms. The molecule has 112 valence electrons. The van der Waals surface area contributed by atoms with Gasteiger partial charge >= 0.3 is 5.97 Å². The van der Waals surface area contributed by atoms with Gasteiger partial charge in [0.25, 0.3) is 0 Å². The molecular formula is C14H20Cl2N2O2. The van der Waals surface area contributed by atoms with Crippen LogP contribution in [0.2, 0.25) is 0 Å². The summed E-state index contributed by atoms with van der Waals surface area (Å²) in [5.74, 6) is 0.132. The third-order valence-electron chi connectivity index (χ3n) is 2.96. The van der Waals surface area contributed by atoms with Gasteiger partial charge in [0.2, 0.25) is 0 Å². The molecule has 0 aromatic heterocycles. The fourth-order valence-corrected chi connectivity index (χ4v) is 2.54. The van der Waals surface area contributed by atoms with E-state index in [1.807, 2.05) is 24.3 Å². The maximum atomic E-state index is 10.7. The number of aliphatic carboxylic acids is 1. The minimum atomic E-state index is -0.881. The summed E-state index contributed by atoms with van der Waals surface area (Å²) in [6, 6.07) is 7.42. The smallest absolute Gasteiger partial charge is 0.304 e. The fourth-order valence-electron chi connectivity index (χ4n) is 2.13. The molecular weight excluding hydrogens is 299 g/mol. The van der Waals surface area contributed by atoms with Crippen LogP contribution in [-0.2, 0) is 11.2 Å². The number of carboxylic acids is 1. The molecule has 0 aliphatic rings. The summed E-state index contributed by atoms with van der Waals surface area (Å²) < 4.78 is 0. The van der Waals surface area contributed by atoms with Gasteiger partial charge in [-0.05, 0) is 18.1 Å². The zero-order valence-electron chi connectivity index (χ0n) is 11.3. The van der Waals surface area contributed by atoms with Gasteiger partial charge in [0.1, 0.15) is 0 Å². The minimum Gasteiger partial charge on any atom is -0.481 e. The van der Waals surface area contributed by atoms with Crippen molar-refractivity contribution in [3.8, 4) is 0 Å². The van der Waals surface area contributed by atoms with Crippen molar-refractivity contribution in [1.29, 1.82) is 0 Å². The number of halogens is 2. The first-order valence-corrected chi connectivity index (χ1v) is 7.57. The molecule has 20 heavy (non-hydrogen) atoms. The maximum absolute atomic E-state index is 10.7. The van der Waals surface area contributed by atoms with Crippen LogP contribution in [-0.4, -0.2) is 42.0 Å². The molecule has 0 unspecified atom stereocenters. The molecule has 0 radical (unpaired) electrons. The van der Waals surface area contributed by atoms with Crippen molar-refractivity contribution >= 4 is 34.9 Å². The van der Waals surface area contributed by atoms with Crippen molar-refractivity contribution in [3.05, 3.63) is 29.8 Å². The van der Waals surface area contributed by atoms with Crippen LogP contribution in [0.3, 0.4) is 0 Å². The average molecular weight is 319 g/mol. The van der Waals surface area contributed by atoms with Gasteiger partial charge in [0, 0.05) is 36.6 Å². The molecule has 0 saturated heterocycles. The number of hydrogen-bond donors (Lipinski definition) is 2. The van der Waals surface area contributed by atoms with Gasteiger partial charge in [-0.1, -0.05) is 18.2 Å². The van der Waals surface area contributed by atoms with Gasteiger partial charge in [-0.25, -0.2) is 0 Å². The molecule has 0 saturated carbocycles. The molecule has 0 bridgehead atoms. The van der Waals surface area contributed by atoms with E-state index in [1.54, 1.807) is 0 Å². The number of carboxylic acid groups (broad SMARTS) is 1. The van der Waals surface area contributed by atoms with Gasteiger partial charge in [-0.3, -0.25) is 4.79 Å². The van der Waals surface area contributed by atoms with Crippen LogP contribution in [0.25, 0.3) is 0 Å². The van der Waals surface area contributed by atoms with Crippen LogP contribution in [0.1, 0.15) is 12.0 Å². The van der Waals surface area contributed by atoms with Crippen molar-refractivity contribution in [1.82, 2.24) is 0 Å². The molecule has 1 aromatic carbocycles. The third-order valence-corrected chi connectivity index (χ3v) is 3.30. The van der Waals surface area contributed by atoms with Crippen molar-refractivity contribution in [2.75, 3.05) is 29.7 Å². The van der Waals surface area contributed by atoms with E-state index >= 15 is 0 Å². The second kappa shape index (κ2) is 9.06. The first-order valence-electron chi connectivity index (χ1n) is 6.50. The average Bonchev–Trinajstić information content (AvgIpc) is 2.38. The summed E-state index contributed by atoms with van der Waals surface area (Å²) in [6.45, 7) is 1.39. The van der Waals surface area contributed by atoms with Crippen LogP contribution in [0.15, 0.2) is 24.3 Å². The van der Waals surface area contributed by atoms with Gasteiger partial charge in [0.15, 0.2) is 0 Å². The quantitative estimate of drug-likeness (QED) is 0.686. The Morgan fingerprint density at radius 1 is 1.25 bits per heavy atom. The van der Waals surface area contributed by atoms with Crippen molar-refractivity contribution in [2.24, 2.45) is 5.73 Å². The summed E-state index contributed by atoms with van der Waals surface area (Å²) in [5, 5.41) is 8.78. The Kier molecular flexibility index (Phi) is 7.73. The lowest BCUT2D eigenvalue weighted by Gasteiger charge is -2.26. The second-order valence-electron chi connectivity index (χ2n) is 4.56. The molecule has 0 fully saturated rings. The molecule has 0 heterocycles. The Morgan fingerprint density at radius 2 is 1.85 bits per heavy atom. The van der Waals surface area contributed by atoms with E-state index in [2.05, 4.69) is 4.90 Å². The molecule has 1 rings (SSSR count). The number of nitrogens with two attached hydrogens (primary N) is 1. The predicted molar refractivity (Wildman–Crippen MR) is 84.0 cm³/mol. The molecule has 0 amide bonds. The van der Waals surface area contributed by atoms with E-state index in [0.717, 1.165) is 11.3 Å². The monoisotopic (exact) mass is 318 g/mol. The van der Waals surface area contributed by atoms with Crippen molar-refractivity contribution in [2.45, 2.75) is 18.9 Å². The molecule has 3 N–H and O–H groups in total. The Balaban J connectivity index is 2.87. The first kappa shape index (κ1) is 17.1. The number of anilines is 1. The topological polar surface area (TPSA) is 66.6 Å². The highest BCUT2D eigenvalue weighted by Crippen LogP contribution is 2.22. The molecule has 1 aromatic rings. The Morgan fingerprint density at radius 3 is 2.40 bits per heavy atom. The number of carbonyl (C=O) groups is 1. The number of para-hydroxylation sites is 1. The maximum Gasteiger partial charge on any atom is 0.304 e. The SMILES string of the molecule is N[C@H](CC(=O)O)Cc1ccccc1N(CCCl)CCCl. The molecule has 4 nitrogen and oxygen atoms in total. The molecule has 0 aliphatic carbocycles. The van der Waals surface area contributed by atoms with Crippen molar-refractivity contribution in [3.63, 3.8) is 0 Å². The Labute approximate surface area is 129 Å². The minimum absolute atomic E-state index is 0.0423. The number of nitrogens with zero attached hydrogens (tertiary/aromatic N) is 1. The highest BCUT2D eigenvalue weighted by molar-refractivity contribution is 6.18. The summed E-state index contributed by atoms with van der Waals surface area (Å²) >= 11 is 11.6. The number of rotatable bonds is 9. The number of hydrogen-bond acceptors (Lipinski definition) is 3. The van der Waals surface area contributed by atoms with Crippen LogP contribution >= 0.6 is 23.2 Å². The molecule has 6 heteroatoms. The number of alkyl halides is 2. The van der Waals surface area contributed by atoms with E-state index in [0.29, 0.717) is 31.3 Å². The predicted octanol–water partition coefficient (Wildman–Crippen LogP) is 2.32. The van der Waals surface area contributed by atoms with Gasteiger partial charge < -0.3 is 15.7 Å². The highest BCUT2D eigenvalue weighted by atomic mass is 35.5. The lowest BCUT2D eigenvalue weighted by atomic mass is 10.0. The first-order chi connectivity index (χ1) is 9.58. The third kappa shape index (κ3) is 5.57. The van der Waals surface area contributed by atoms with Crippen LogP contribution in [0.4, 0.5) is 5.69 Å². The second-order valence-corrected chi connectivity index (χ2v) is 5.31. The van der Waals surface area contributed by atoms with Crippen LogP contribution < -0.4 is 10.6 Å². The van der Waals surface area contributed by atoms with E-state index < -0.39 is 12.0 Å². The summed E-state index contributed by atoms with van der Waals surface area (Å²) in [6.07, 6.45) is 0.475. The molecule has 1 atom stereocenters. The summed E-state index contributed by atoms with van der Waals surface area (Å²) in [7, 11) is 0. The lowest BCUT2D eigenvalue weighted by Crippen LogP contribution is -2.31. The number of benzene rings is 1. The summed E-state index contributed by atoms with van der Waals surface area (Å²) in [5.41, 5.74) is 7.92.